The number of sulfonamides is 1. The van der Waals surface area contributed by atoms with Crippen LogP contribution in [0.1, 0.15) is 35.6 Å². The fraction of sp³-hybridized carbons (Fsp3) is 0.257. The lowest BCUT2D eigenvalue weighted by Crippen LogP contribution is -2.53. The minimum atomic E-state index is -4.15. The Bertz CT molecular complexity index is 1660. The first-order chi connectivity index (χ1) is 21.1. The molecule has 4 aromatic rings. The van der Waals surface area contributed by atoms with Crippen molar-refractivity contribution in [3.63, 3.8) is 0 Å². The van der Waals surface area contributed by atoms with Gasteiger partial charge in [-0.1, -0.05) is 107 Å². The standard InChI is InChI=1S/C35H38BrN3O4S/c1-4-21-37-35(41)33(22-28-9-6-5-7-10-28)38(24-29-17-13-26(2)14-18-29)34(40)25-39(31-12-8-11-30(36)23-31)44(42,43)32-19-15-27(3)16-20-32/h5-20,23,33H,4,21-22,24-25H2,1-3H3,(H,37,41)/t33-/m0/s1. The van der Waals surface area contributed by atoms with Crippen LogP contribution in [-0.2, 0) is 32.6 Å². The van der Waals surface area contributed by atoms with Gasteiger partial charge in [-0.2, -0.15) is 0 Å². The normalized spacial score (nSPS) is 11.9. The van der Waals surface area contributed by atoms with Crippen LogP contribution in [0.5, 0.6) is 0 Å². The van der Waals surface area contributed by atoms with Crippen LogP contribution in [0.25, 0.3) is 0 Å². The quantitative estimate of drug-likeness (QED) is 0.177. The highest BCUT2D eigenvalue weighted by molar-refractivity contribution is 9.10. The Hall–Kier alpha value is -3.95. The molecule has 0 aliphatic heterocycles. The molecule has 0 aliphatic rings. The van der Waals surface area contributed by atoms with Crippen LogP contribution in [0.4, 0.5) is 5.69 Å². The number of halogens is 1. The van der Waals surface area contributed by atoms with E-state index in [0.29, 0.717) is 16.7 Å². The number of anilines is 1. The van der Waals surface area contributed by atoms with E-state index in [1.807, 2.05) is 75.4 Å². The van der Waals surface area contributed by atoms with E-state index in [1.165, 1.54) is 4.90 Å². The predicted octanol–water partition coefficient (Wildman–Crippen LogP) is 6.43. The van der Waals surface area contributed by atoms with Gasteiger partial charge >= 0.3 is 0 Å². The van der Waals surface area contributed by atoms with Crippen molar-refractivity contribution in [1.29, 1.82) is 0 Å². The molecule has 0 unspecified atom stereocenters. The number of carbonyl (C=O) groups is 2. The van der Waals surface area contributed by atoms with E-state index in [1.54, 1.807) is 48.5 Å². The topological polar surface area (TPSA) is 86.8 Å². The van der Waals surface area contributed by atoms with Crippen molar-refractivity contribution in [3.05, 3.63) is 130 Å². The summed E-state index contributed by atoms with van der Waals surface area (Å²) in [5, 5.41) is 2.97. The van der Waals surface area contributed by atoms with E-state index >= 15 is 0 Å². The zero-order valence-corrected chi connectivity index (χ0v) is 27.6. The number of nitrogens with zero attached hydrogens (tertiary/aromatic N) is 2. The molecule has 0 heterocycles. The summed E-state index contributed by atoms with van der Waals surface area (Å²) in [6.07, 6.45) is 1.01. The number of rotatable bonds is 13. The van der Waals surface area contributed by atoms with Crippen LogP contribution < -0.4 is 9.62 Å². The molecule has 7 nitrogen and oxygen atoms in total. The predicted molar refractivity (Wildman–Crippen MR) is 179 cm³/mol. The lowest BCUT2D eigenvalue weighted by atomic mass is 10.0. The van der Waals surface area contributed by atoms with Crippen LogP contribution in [-0.4, -0.2) is 44.3 Å². The van der Waals surface area contributed by atoms with E-state index in [9.17, 15) is 18.0 Å². The van der Waals surface area contributed by atoms with E-state index in [-0.39, 0.29) is 23.8 Å². The van der Waals surface area contributed by atoms with Crippen molar-refractivity contribution in [3.8, 4) is 0 Å². The van der Waals surface area contributed by atoms with Crippen molar-refractivity contribution in [2.24, 2.45) is 0 Å². The van der Waals surface area contributed by atoms with Gasteiger partial charge < -0.3 is 10.2 Å². The molecule has 0 saturated heterocycles. The molecule has 1 atom stereocenters. The average Bonchev–Trinajstić information content (AvgIpc) is 3.01. The number of carbonyl (C=O) groups excluding carboxylic acids is 2. The van der Waals surface area contributed by atoms with Crippen LogP contribution >= 0.6 is 15.9 Å². The first-order valence-corrected chi connectivity index (χ1v) is 16.8. The molecule has 0 bridgehead atoms. The van der Waals surface area contributed by atoms with E-state index in [4.69, 9.17) is 0 Å². The number of amides is 2. The fourth-order valence-electron chi connectivity index (χ4n) is 4.81. The van der Waals surface area contributed by atoms with Crippen molar-refractivity contribution in [2.75, 3.05) is 17.4 Å². The summed E-state index contributed by atoms with van der Waals surface area (Å²) in [7, 11) is -4.15. The summed E-state index contributed by atoms with van der Waals surface area (Å²) in [6, 6.07) is 29.8. The van der Waals surface area contributed by atoms with Crippen molar-refractivity contribution in [2.45, 2.75) is 51.1 Å². The highest BCUT2D eigenvalue weighted by atomic mass is 79.9. The smallest absolute Gasteiger partial charge is 0.264 e. The van der Waals surface area contributed by atoms with Crippen molar-refractivity contribution >= 4 is 43.5 Å². The van der Waals surface area contributed by atoms with Gasteiger partial charge in [-0.3, -0.25) is 13.9 Å². The third kappa shape index (κ3) is 8.57. The molecular formula is C35H38BrN3O4S. The first-order valence-electron chi connectivity index (χ1n) is 14.6. The van der Waals surface area contributed by atoms with Crippen LogP contribution in [0.3, 0.4) is 0 Å². The highest BCUT2D eigenvalue weighted by Crippen LogP contribution is 2.27. The average molecular weight is 677 g/mol. The maximum atomic E-state index is 14.5. The molecule has 1 N–H and O–H groups in total. The van der Waals surface area contributed by atoms with Gasteiger partial charge in [0, 0.05) is 24.0 Å². The molecule has 0 saturated carbocycles. The highest BCUT2D eigenvalue weighted by Gasteiger charge is 2.34. The maximum Gasteiger partial charge on any atom is 0.264 e. The number of aryl methyl sites for hydroxylation is 2. The lowest BCUT2D eigenvalue weighted by molar-refractivity contribution is -0.140. The lowest BCUT2D eigenvalue weighted by Gasteiger charge is -2.34. The zero-order chi connectivity index (χ0) is 31.7. The number of benzene rings is 4. The van der Waals surface area contributed by atoms with Gasteiger partial charge in [-0.15, -0.1) is 0 Å². The Morgan fingerprint density at radius 1 is 0.818 bits per heavy atom. The second-order valence-corrected chi connectivity index (χ2v) is 13.6. The van der Waals surface area contributed by atoms with Crippen molar-refractivity contribution < 1.29 is 18.0 Å². The fourth-order valence-corrected chi connectivity index (χ4v) is 6.60. The van der Waals surface area contributed by atoms with E-state index in [0.717, 1.165) is 33.0 Å². The number of nitrogens with one attached hydrogen (secondary N) is 1. The third-order valence-electron chi connectivity index (χ3n) is 7.28. The SMILES string of the molecule is CCCNC(=O)[C@H](Cc1ccccc1)N(Cc1ccc(C)cc1)C(=O)CN(c1cccc(Br)c1)S(=O)(=O)c1ccc(C)cc1. The minimum Gasteiger partial charge on any atom is -0.354 e. The Labute approximate surface area is 269 Å². The molecule has 0 aliphatic carbocycles. The molecule has 44 heavy (non-hydrogen) atoms. The Kier molecular flexibility index (Phi) is 11.4. The molecule has 4 rings (SSSR count). The molecule has 0 spiro atoms. The monoisotopic (exact) mass is 675 g/mol. The summed E-state index contributed by atoms with van der Waals surface area (Å²) in [5.74, 6) is -0.777. The Morgan fingerprint density at radius 2 is 1.45 bits per heavy atom. The van der Waals surface area contributed by atoms with Gasteiger partial charge in [0.2, 0.25) is 11.8 Å². The van der Waals surface area contributed by atoms with Gasteiger partial charge in [0.05, 0.1) is 10.6 Å². The summed E-state index contributed by atoms with van der Waals surface area (Å²) >= 11 is 3.44. The van der Waals surface area contributed by atoms with Gasteiger partial charge in [-0.05, 0) is 61.7 Å². The number of hydrogen-bond donors (Lipinski definition) is 1. The molecule has 2 amide bonds. The Morgan fingerprint density at radius 3 is 2.07 bits per heavy atom. The minimum absolute atomic E-state index is 0.0717. The number of hydrogen-bond acceptors (Lipinski definition) is 4. The third-order valence-corrected chi connectivity index (χ3v) is 9.56. The molecule has 230 valence electrons. The molecule has 4 aromatic carbocycles. The summed E-state index contributed by atoms with van der Waals surface area (Å²) in [5.41, 5.74) is 4.04. The van der Waals surface area contributed by atoms with E-state index in [2.05, 4.69) is 21.2 Å². The molecule has 0 fully saturated rings. The van der Waals surface area contributed by atoms with Gasteiger partial charge in [0.25, 0.3) is 10.0 Å². The summed E-state index contributed by atoms with van der Waals surface area (Å²) in [6.45, 7) is 5.93. The van der Waals surface area contributed by atoms with Crippen LogP contribution in [0.2, 0.25) is 0 Å². The zero-order valence-electron chi connectivity index (χ0n) is 25.2. The maximum absolute atomic E-state index is 14.5. The van der Waals surface area contributed by atoms with Gasteiger partial charge in [0.15, 0.2) is 0 Å². The van der Waals surface area contributed by atoms with Crippen LogP contribution in [0, 0.1) is 13.8 Å². The largest absolute Gasteiger partial charge is 0.354 e. The van der Waals surface area contributed by atoms with E-state index < -0.39 is 28.5 Å². The summed E-state index contributed by atoms with van der Waals surface area (Å²) < 4.78 is 30.0. The van der Waals surface area contributed by atoms with Crippen LogP contribution in [0.15, 0.2) is 112 Å². The van der Waals surface area contributed by atoms with Crippen molar-refractivity contribution in [1.82, 2.24) is 10.2 Å². The Balaban J connectivity index is 1.79. The van der Waals surface area contributed by atoms with Gasteiger partial charge in [0.1, 0.15) is 12.6 Å². The first kappa shape index (κ1) is 33.0. The molecule has 0 radical (unpaired) electrons. The van der Waals surface area contributed by atoms with Gasteiger partial charge in [-0.25, -0.2) is 8.42 Å². The molecule has 9 heteroatoms. The second-order valence-electron chi connectivity index (χ2n) is 10.8. The molecular weight excluding hydrogens is 638 g/mol. The summed E-state index contributed by atoms with van der Waals surface area (Å²) in [4.78, 5) is 29.7. The second kappa shape index (κ2) is 15.2. The molecule has 0 aromatic heterocycles.